The summed E-state index contributed by atoms with van der Waals surface area (Å²) in [5.41, 5.74) is 0.894. The second-order valence-electron chi connectivity index (χ2n) is 3.26. The summed E-state index contributed by atoms with van der Waals surface area (Å²) < 4.78 is 18.2. The van der Waals surface area contributed by atoms with Crippen molar-refractivity contribution in [1.29, 1.82) is 0 Å². The lowest BCUT2D eigenvalue weighted by Gasteiger charge is -2.04. The number of nitrogens with one attached hydrogen (secondary N) is 1. The number of halogens is 2. The first kappa shape index (κ1) is 12.4. The lowest BCUT2D eigenvalue weighted by atomic mass is 10.2. The van der Waals surface area contributed by atoms with Gasteiger partial charge in [-0.3, -0.25) is 0 Å². The zero-order valence-corrected chi connectivity index (χ0v) is 9.48. The number of rotatable bonds is 6. The van der Waals surface area contributed by atoms with Crippen LogP contribution in [0.2, 0.25) is 5.02 Å². The summed E-state index contributed by atoms with van der Waals surface area (Å²) in [4.78, 5) is 0. The average Bonchev–Trinajstić information content (AvgIpc) is 2.23. The summed E-state index contributed by atoms with van der Waals surface area (Å²) in [6.45, 7) is 2.10. The van der Waals surface area contributed by atoms with Gasteiger partial charge in [0.15, 0.2) is 0 Å². The number of hydrogen-bond acceptors (Lipinski definition) is 2. The minimum absolute atomic E-state index is 0.145. The Kier molecular flexibility index (Phi) is 5.61. The minimum atomic E-state index is -0.393. The normalized spacial score (nSPS) is 10.6. The predicted molar refractivity (Wildman–Crippen MR) is 59.6 cm³/mol. The average molecular weight is 232 g/mol. The summed E-state index contributed by atoms with van der Waals surface area (Å²) >= 11 is 5.64. The fraction of sp³-hybridized carbons (Fsp3) is 0.455. The van der Waals surface area contributed by atoms with Crippen LogP contribution in [0, 0.1) is 5.82 Å². The van der Waals surface area contributed by atoms with E-state index in [2.05, 4.69) is 5.32 Å². The maximum absolute atomic E-state index is 12.8. The van der Waals surface area contributed by atoms with Crippen LogP contribution in [-0.2, 0) is 11.3 Å². The van der Waals surface area contributed by atoms with Gasteiger partial charge < -0.3 is 10.1 Å². The number of benzene rings is 1. The minimum Gasteiger partial charge on any atom is -0.377 e. The number of ether oxygens (including phenoxy) is 1. The van der Waals surface area contributed by atoms with Gasteiger partial charge in [0.1, 0.15) is 5.82 Å². The first-order valence-electron chi connectivity index (χ1n) is 4.90. The third-order valence-corrected chi connectivity index (χ3v) is 2.26. The topological polar surface area (TPSA) is 21.3 Å². The Balaban J connectivity index is 2.28. The molecule has 15 heavy (non-hydrogen) atoms. The summed E-state index contributed by atoms with van der Waals surface area (Å²) in [5, 5.41) is 3.18. The molecule has 1 rings (SSSR count). The third-order valence-electron chi connectivity index (χ3n) is 1.97. The largest absolute Gasteiger partial charge is 0.377 e. The molecule has 1 aromatic rings. The molecule has 0 saturated carbocycles. The molecule has 0 aliphatic carbocycles. The van der Waals surface area contributed by atoms with Crippen molar-refractivity contribution in [2.75, 3.05) is 20.2 Å². The van der Waals surface area contributed by atoms with Crippen molar-refractivity contribution in [2.45, 2.75) is 13.0 Å². The van der Waals surface area contributed by atoms with Crippen LogP contribution >= 0.6 is 11.6 Å². The molecule has 0 heterocycles. The maximum Gasteiger partial charge on any atom is 0.141 e. The van der Waals surface area contributed by atoms with Gasteiger partial charge in [0.25, 0.3) is 0 Å². The molecule has 0 radical (unpaired) electrons. The molecule has 0 fully saturated rings. The second-order valence-corrected chi connectivity index (χ2v) is 3.67. The highest BCUT2D eigenvalue weighted by Gasteiger charge is 2.00. The molecule has 0 aliphatic heterocycles. The lowest BCUT2D eigenvalue weighted by molar-refractivity contribution is 0.119. The van der Waals surface area contributed by atoms with E-state index in [-0.39, 0.29) is 5.02 Å². The van der Waals surface area contributed by atoms with Crippen LogP contribution in [0.1, 0.15) is 12.0 Å². The predicted octanol–water partition coefficient (Wildman–Crippen LogP) is 2.61. The van der Waals surface area contributed by atoms with Gasteiger partial charge in [0, 0.05) is 6.61 Å². The van der Waals surface area contributed by atoms with Crippen molar-refractivity contribution >= 4 is 11.6 Å². The van der Waals surface area contributed by atoms with Crippen LogP contribution in [0.15, 0.2) is 18.2 Å². The Morgan fingerprint density at radius 2 is 2.27 bits per heavy atom. The molecule has 0 aliphatic rings. The van der Waals surface area contributed by atoms with Gasteiger partial charge in [-0.15, -0.1) is 0 Å². The van der Waals surface area contributed by atoms with Crippen LogP contribution < -0.4 is 5.32 Å². The summed E-state index contributed by atoms with van der Waals surface area (Å²) in [5.74, 6) is -0.393. The molecule has 0 bridgehead atoms. The van der Waals surface area contributed by atoms with E-state index in [1.807, 2.05) is 7.05 Å². The highest BCUT2D eigenvalue weighted by atomic mass is 35.5. The van der Waals surface area contributed by atoms with E-state index in [1.54, 1.807) is 12.1 Å². The monoisotopic (exact) mass is 231 g/mol. The van der Waals surface area contributed by atoms with Crippen LogP contribution in [0.3, 0.4) is 0 Å². The van der Waals surface area contributed by atoms with Gasteiger partial charge in [-0.25, -0.2) is 4.39 Å². The highest BCUT2D eigenvalue weighted by molar-refractivity contribution is 6.30. The Morgan fingerprint density at radius 1 is 1.47 bits per heavy atom. The van der Waals surface area contributed by atoms with Gasteiger partial charge in [-0.1, -0.05) is 17.7 Å². The quantitative estimate of drug-likeness (QED) is 0.760. The van der Waals surface area contributed by atoms with Crippen molar-refractivity contribution < 1.29 is 9.13 Å². The smallest absolute Gasteiger partial charge is 0.141 e. The van der Waals surface area contributed by atoms with Crippen molar-refractivity contribution in [3.63, 3.8) is 0 Å². The van der Waals surface area contributed by atoms with E-state index >= 15 is 0 Å². The molecule has 84 valence electrons. The van der Waals surface area contributed by atoms with Gasteiger partial charge in [0.05, 0.1) is 11.6 Å². The first-order valence-corrected chi connectivity index (χ1v) is 5.28. The molecule has 1 N–H and O–H groups in total. The zero-order valence-electron chi connectivity index (χ0n) is 8.72. The molecule has 2 nitrogen and oxygen atoms in total. The standard InChI is InChI=1S/C11H15ClFNO/c1-14-5-2-6-15-8-9-3-4-11(13)10(12)7-9/h3-4,7,14H,2,5-6,8H2,1H3. The van der Waals surface area contributed by atoms with Crippen molar-refractivity contribution in [3.8, 4) is 0 Å². The van der Waals surface area contributed by atoms with Gasteiger partial charge in [-0.2, -0.15) is 0 Å². The van der Waals surface area contributed by atoms with E-state index in [0.29, 0.717) is 13.2 Å². The van der Waals surface area contributed by atoms with E-state index in [4.69, 9.17) is 16.3 Å². The Labute approximate surface area is 94.4 Å². The van der Waals surface area contributed by atoms with Crippen molar-refractivity contribution in [3.05, 3.63) is 34.6 Å². The Hall–Kier alpha value is -0.640. The van der Waals surface area contributed by atoms with Crippen molar-refractivity contribution in [2.24, 2.45) is 0 Å². The molecular formula is C11H15ClFNO. The fourth-order valence-corrected chi connectivity index (χ4v) is 1.37. The fourth-order valence-electron chi connectivity index (χ4n) is 1.17. The van der Waals surface area contributed by atoms with Gasteiger partial charge >= 0.3 is 0 Å². The van der Waals surface area contributed by atoms with Crippen LogP contribution in [0.4, 0.5) is 4.39 Å². The lowest BCUT2D eigenvalue weighted by Crippen LogP contribution is -2.10. The second kappa shape index (κ2) is 6.77. The summed E-state index contributed by atoms with van der Waals surface area (Å²) in [7, 11) is 1.90. The Morgan fingerprint density at radius 3 is 2.93 bits per heavy atom. The van der Waals surface area contributed by atoms with E-state index in [9.17, 15) is 4.39 Å². The SMILES string of the molecule is CNCCCOCc1ccc(F)c(Cl)c1. The van der Waals surface area contributed by atoms with Gasteiger partial charge in [0.2, 0.25) is 0 Å². The highest BCUT2D eigenvalue weighted by Crippen LogP contribution is 2.16. The molecule has 0 amide bonds. The van der Waals surface area contributed by atoms with Gasteiger partial charge in [-0.05, 0) is 37.7 Å². The summed E-state index contributed by atoms with van der Waals surface area (Å²) in [6.07, 6.45) is 0.964. The van der Waals surface area contributed by atoms with Crippen LogP contribution in [0.5, 0.6) is 0 Å². The molecule has 1 aromatic carbocycles. The van der Waals surface area contributed by atoms with E-state index in [0.717, 1.165) is 18.5 Å². The maximum atomic E-state index is 12.8. The molecule has 0 saturated heterocycles. The van der Waals surface area contributed by atoms with Crippen LogP contribution in [0.25, 0.3) is 0 Å². The third kappa shape index (κ3) is 4.60. The van der Waals surface area contributed by atoms with Crippen molar-refractivity contribution in [1.82, 2.24) is 5.32 Å². The molecular weight excluding hydrogens is 217 g/mol. The van der Waals surface area contributed by atoms with E-state index in [1.165, 1.54) is 6.07 Å². The molecule has 0 aromatic heterocycles. The van der Waals surface area contributed by atoms with Crippen LogP contribution in [-0.4, -0.2) is 20.2 Å². The number of hydrogen-bond donors (Lipinski definition) is 1. The molecule has 0 unspecified atom stereocenters. The zero-order chi connectivity index (χ0) is 11.1. The molecule has 0 spiro atoms. The Bertz CT molecular complexity index is 307. The van der Waals surface area contributed by atoms with E-state index < -0.39 is 5.82 Å². The molecule has 0 atom stereocenters. The summed E-state index contributed by atoms with van der Waals surface area (Å²) in [6, 6.07) is 4.63. The molecule has 4 heteroatoms. The first-order chi connectivity index (χ1) is 7.24.